The van der Waals surface area contributed by atoms with Crippen LogP contribution in [-0.2, 0) is 13.6 Å². The number of nitrogens with one attached hydrogen (secondary N) is 1. The molecule has 3 heterocycles. The fraction of sp³-hybridized carbons (Fsp3) is 0.267. The minimum Gasteiger partial charge on any atom is -0.272 e. The first-order valence-electron chi connectivity index (χ1n) is 7.53. The first-order valence-corrected chi connectivity index (χ1v) is 7.53. The van der Waals surface area contributed by atoms with Gasteiger partial charge in [-0.25, -0.2) is 15.4 Å². The third kappa shape index (κ3) is 4.23. The van der Waals surface area contributed by atoms with E-state index in [0.717, 1.165) is 15.9 Å². The molecule has 0 aliphatic carbocycles. The lowest BCUT2D eigenvalue weighted by Gasteiger charge is -2.04. The molecule has 0 aliphatic heterocycles. The zero-order chi connectivity index (χ0) is 18.7. The molecule has 0 saturated carbocycles. The van der Waals surface area contributed by atoms with Gasteiger partial charge in [-0.3, -0.25) is 9.36 Å². The lowest BCUT2D eigenvalue weighted by atomic mass is 10.2. The van der Waals surface area contributed by atoms with Crippen LogP contribution >= 0.6 is 0 Å². The van der Waals surface area contributed by atoms with E-state index >= 15 is 0 Å². The Hall–Kier alpha value is -3.24. The van der Waals surface area contributed by atoms with Crippen molar-refractivity contribution in [1.82, 2.24) is 29.5 Å². The third-order valence-electron chi connectivity index (χ3n) is 3.53. The van der Waals surface area contributed by atoms with Crippen LogP contribution in [0.3, 0.4) is 0 Å². The van der Waals surface area contributed by atoms with Gasteiger partial charge in [-0.15, -0.1) is 0 Å². The van der Waals surface area contributed by atoms with Gasteiger partial charge in [0.25, 0.3) is 0 Å². The average Bonchev–Trinajstić information content (AvgIpc) is 3.13. The molecule has 26 heavy (non-hydrogen) atoms. The van der Waals surface area contributed by atoms with Gasteiger partial charge in [0.05, 0.1) is 18.1 Å². The van der Waals surface area contributed by atoms with Gasteiger partial charge in [-0.1, -0.05) is 0 Å². The molecule has 0 unspecified atom stereocenters. The van der Waals surface area contributed by atoms with Gasteiger partial charge < -0.3 is 0 Å². The fourth-order valence-corrected chi connectivity index (χ4v) is 2.19. The summed E-state index contributed by atoms with van der Waals surface area (Å²) in [5.74, 6) is 0.247. The van der Waals surface area contributed by atoms with Crippen LogP contribution in [0.5, 0.6) is 0 Å². The molecule has 3 aromatic rings. The molecule has 0 atom stereocenters. The number of alkyl halides is 3. The monoisotopic (exact) mass is 364 g/mol. The highest BCUT2D eigenvalue weighted by Crippen LogP contribution is 2.20. The predicted octanol–water partition coefficient (Wildman–Crippen LogP) is 2.39. The van der Waals surface area contributed by atoms with Crippen molar-refractivity contribution in [2.45, 2.75) is 19.6 Å². The second kappa shape index (κ2) is 6.94. The van der Waals surface area contributed by atoms with Gasteiger partial charge in [-0.05, 0) is 19.1 Å². The van der Waals surface area contributed by atoms with Crippen LogP contribution in [0, 0.1) is 6.92 Å². The molecular formula is C15H15F3N8. The number of hydrogen-bond acceptors (Lipinski definition) is 6. The maximum atomic E-state index is 12.3. The van der Waals surface area contributed by atoms with Crippen LogP contribution in [0.25, 0.3) is 11.3 Å². The second-order valence-electron chi connectivity index (χ2n) is 5.46. The molecule has 3 aromatic heterocycles. The summed E-state index contributed by atoms with van der Waals surface area (Å²) in [7, 11) is 1.83. The van der Waals surface area contributed by atoms with Gasteiger partial charge in [0.1, 0.15) is 12.2 Å². The van der Waals surface area contributed by atoms with E-state index in [4.69, 9.17) is 0 Å². The summed E-state index contributed by atoms with van der Waals surface area (Å²) < 4.78 is 39.4. The number of aromatic nitrogens is 6. The molecule has 0 aromatic carbocycles. The smallest absolute Gasteiger partial charge is 0.272 e. The van der Waals surface area contributed by atoms with Crippen molar-refractivity contribution in [3.63, 3.8) is 0 Å². The molecule has 11 heteroatoms. The van der Waals surface area contributed by atoms with Crippen LogP contribution in [0.4, 0.5) is 19.1 Å². The Morgan fingerprint density at radius 3 is 2.81 bits per heavy atom. The van der Waals surface area contributed by atoms with Crippen LogP contribution in [0.2, 0.25) is 0 Å². The highest BCUT2D eigenvalue weighted by Gasteiger charge is 2.28. The molecule has 0 spiro atoms. The average molecular weight is 364 g/mol. The Labute approximate surface area is 146 Å². The van der Waals surface area contributed by atoms with Crippen LogP contribution in [0.1, 0.15) is 11.4 Å². The molecule has 136 valence electrons. The zero-order valence-electron chi connectivity index (χ0n) is 13.9. The minimum absolute atomic E-state index is 0.247. The summed E-state index contributed by atoms with van der Waals surface area (Å²) in [6.07, 6.45) is 1.48. The number of anilines is 1. The summed E-state index contributed by atoms with van der Waals surface area (Å²) in [5, 5.41) is 11.8. The summed E-state index contributed by atoms with van der Waals surface area (Å²) in [5.41, 5.74) is 5.41. The number of nitrogens with zero attached hydrogens (tertiary/aromatic N) is 7. The molecule has 0 radical (unpaired) electrons. The topological polar surface area (TPSA) is 85.8 Å². The first-order chi connectivity index (χ1) is 12.3. The Kier molecular flexibility index (Phi) is 4.69. The molecule has 0 aliphatic rings. The van der Waals surface area contributed by atoms with Crippen molar-refractivity contribution < 1.29 is 13.2 Å². The summed E-state index contributed by atoms with van der Waals surface area (Å²) in [4.78, 5) is 8.39. The molecule has 0 fully saturated rings. The zero-order valence-corrected chi connectivity index (χ0v) is 13.9. The summed E-state index contributed by atoms with van der Waals surface area (Å²) in [6, 6.07) is 3.17. The van der Waals surface area contributed by atoms with Crippen molar-refractivity contribution in [3.05, 3.63) is 42.1 Å². The van der Waals surface area contributed by atoms with E-state index < -0.39 is 12.7 Å². The standard InChI is InChI=1S/C15H15F3N8/c1-10-12(8-21-25(10)2)13-3-5-19-14(22-13)23-20-7-11-4-6-26(24-11)9-15(16,17)18/h3-8H,9H2,1-2H3,(H,19,22,23). The third-order valence-corrected chi connectivity index (χ3v) is 3.53. The van der Waals surface area contributed by atoms with E-state index in [-0.39, 0.29) is 11.6 Å². The number of rotatable bonds is 5. The van der Waals surface area contributed by atoms with Crippen LogP contribution in [-0.4, -0.2) is 41.9 Å². The molecule has 3 rings (SSSR count). The van der Waals surface area contributed by atoms with Crippen molar-refractivity contribution in [2.24, 2.45) is 12.1 Å². The molecule has 1 N–H and O–H groups in total. The number of hydrogen-bond donors (Lipinski definition) is 1. The fourth-order valence-electron chi connectivity index (χ4n) is 2.19. The first kappa shape index (κ1) is 17.6. The Bertz CT molecular complexity index is 925. The molecule has 8 nitrogen and oxygen atoms in total. The van der Waals surface area contributed by atoms with Crippen molar-refractivity contribution >= 4 is 12.2 Å². The van der Waals surface area contributed by atoms with E-state index in [1.54, 1.807) is 23.1 Å². The Morgan fingerprint density at radius 2 is 2.12 bits per heavy atom. The maximum Gasteiger partial charge on any atom is 0.408 e. The number of aryl methyl sites for hydroxylation is 1. The van der Waals surface area contributed by atoms with Crippen LogP contribution in [0.15, 0.2) is 35.8 Å². The second-order valence-corrected chi connectivity index (χ2v) is 5.46. The van der Waals surface area contributed by atoms with Gasteiger partial charge in [0.15, 0.2) is 0 Å². The molecule has 0 bridgehead atoms. The largest absolute Gasteiger partial charge is 0.408 e. The predicted molar refractivity (Wildman–Crippen MR) is 88.5 cm³/mol. The number of hydrazone groups is 1. The highest BCUT2D eigenvalue weighted by molar-refractivity contribution is 5.77. The van der Waals surface area contributed by atoms with E-state index in [1.807, 2.05) is 14.0 Å². The lowest BCUT2D eigenvalue weighted by Crippen LogP contribution is -2.18. The molecule has 0 saturated heterocycles. The van der Waals surface area contributed by atoms with Gasteiger partial charge in [0, 0.05) is 30.7 Å². The SMILES string of the molecule is Cc1c(-c2ccnc(NN=Cc3ccn(CC(F)(F)F)n3)n2)cnn1C. The highest BCUT2D eigenvalue weighted by atomic mass is 19.4. The quantitative estimate of drug-likeness (QED) is 0.555. The summed E-state index contributed by atoms with van der Waals surface area (Å²) >= 11 is 0. The Morgan fingerprint density at radius 1 is 1.31 bits per heavy atom. The van der Waals surface area contributed by atoms with Crippen molar-refractivity contribution in [3.8, 4) is 11.3 Å². The van der Waals surface area contributed by atoms with Gasteiger partial charge in [0.2, 0.25) is 5.95 Å². The van der Waals surface area contributed by atoms with E-state index in [0.29, 0.717) is 5.69 Å². The normalized spacial score (nSPS) is 12.0. The van der Waals surface area contributed by atoms with Crippen molar-refractivity contribution in [1.29, 1.82) is 0 Å². The van der Waals surface area contributed by atoms with Gasteiger partial charge >= 0.3 is 6.18 Å². The number of halogens is 3. The molecule has 0 amide bonds. The minimum atomic E-state index is -4.32. The van der Waals surface area contributed by atoms with E-state index in [1.165, 1.54) is 18.5 Å². The Balaban J connectivity index is 1.68. The maximum absolute atomic E-state index is 12.3. The van der Waals surface area contributed by atoms with Crippen LogP contribution < -0.4 is 5.43 Å². The van der Waals surface area contributed by atoms with E-state index in [2.05, 4.69) is 30.7 Å². The van der Waals surface area contributed by atoms with E-state index in [9.17, 15) is 13.2 Å². The van der Waals surface area contributed by atoms with Crippen molar-refractivity contribution in [2.75, 3.05) is 5.43 Å². The molecular weight excluding hydrogens is 349 g/mol. The van der Waals surface area contributed by atoms with Gasteiger partial charge in [-0.2, -0.15) is 28.5 Å². The summed E-state index contributed by atoms with van der Waals surface area (Å²) in [6.45, 7) is 0.775. The lowest BCUT2D eigenvalue weighted by molar-refractivity contribution is -0.142.